The molecule has 3 aromatic rings. The molecule has 5 heteroatoms. The van der Waals surface area contributed by atoms with Gasteiger partial charge in [0.25, 0.3) is 0 Å². The number of aromatic nitrogens is 1. The average molecular weight is 325 g/mol. The van der Waals surface area contributed by atoms with Gasteiger partial charge in [0.1, 0.15) is 11.5 Å². The Morgan fingerprint density at radius 3 is 2.39 bits per heavy atom. The lowest BCUT2D eigenvalue weighted by molar-refractivity contribution is 0.0734. The summed E-state index contributed by atoms with van der Waals surface area (Å²) in [6.45, 7) is 3.89. The molecule has 0 saturated heterocycles. The quantitative estimate of drug-likeness (QED) is 0.512. The standard InChI is InChI=1S/C18H15NO3S/c1-12-11-16(13(2)23-12)18(20)22-15-8-6-14(7-9-15)21-17-5-3-4-10-19-17/h3-11H,1-2H3. The summed E-state index contributed by atoms with van der Waals surface area (Å²) < 4.78 is 11.0. The molecule has 3 rings (SSSR count). The van der Waals surface area contributed by atoms with Crippen LogP contribution in [0.25, 0.3) is 0 Å². The van der Waals surface area contributed by atoms with Crippen LogP contribution in [0.1, 0.15) is 20.1 Å². The molecule has 0 saturated carbocycles. The molecule has 0 bridgehead atoms. The fourth-order valence-electron chi connectivity index (χ4n) is 2.10. The van der Waals surface area contributed by atoms with Gasteiger partial charge < -0.3 is 9.47 Å². The number of carbonyl (C=O) groups is 1. The maximum absolute atomic E-state index is 12.2. The van der Waals surface area contributed by atoms with Crippen LogP contribution in [0.15, 0.2) is 54.7 Å². The fraction of sp³-hybridized carbons (Fsp3) is 0.111. The SMILES string of the molecule is Cc1cc(C(=O)Oc2ccc(Oc3ccccn3)cc2)c(C)s1. The van der Waals surface area contributed by atoms with Crippen molar-refractivity contribution < 1.29 is 14.3 Å². The number of carbonyl (C=O) groups excluding carboxylic acids is 1. The van der Waals surface area contributed by atoms with Crippen LogP contribution in [0.2, 0.25) is 0 Å². The molecule has 2 aromatic heterocycles. The van der Waals surface area contributed by atoms with Gasteiger partial charge in [0.15, 0.2) is 0 Å². The van der Waals surface area contributed by atoms with Crippen LogP contribution in [-0.2, 0) is 0 Å². The monoisotopic (exact) mass is 325 g/mol. The minimum absolute atomic E-state index is 0.342. The first-order valence-electron chi connectivity index (χ1n) is 7.10. The lowest BCUT2D eigenvalue weighted by Crippen LogP contribution is -2.08. The first-order valence-corrected chi connectivity index (χ1v) is 7.91. The summed E-state index contributed by atoms with van der Waals surface area (Å²) in [4.78, 5) is 18.3. The van der Waals surface area contributed by atoms with Gasteiger partial charge in [-0.2, -0.15) is 0 Å². The molecule has 1 aromatic carbocycles. The molecule has 0 spiro atoms. The van der Waals surface area contributed by atoms with Crippen LogP contribution in [0, 0.1) is 13.8 Å². The molecule has 0 radical (unpaired) electrons. The van der Waals surface area contributed by atoms with Crippen molar-refractivity contribution in [2.75, 3.05) is 0 Å². The van der Waals surface area contributed by atoms with Crippen molar-refractivity contribution in [2.45, 2.75) is 13.8 Å². The highest BCUT2D eigenvalue weighted by Crippen LogP contribution is 2.25. The molecule has 0 amide bonds. The van der Waals surface area contributed by atoms with Crippen molar-refractivity contribution in [3.05, 3.63) is 70.0 Å². The molecular formula is C18H15NO3S. The Balaban J connectivity index is 1.68. The third-order valence-electron chi connectivity index (χ3n) is 3.16. The van der Waals surface area contributed by atoms with Gasteiger partial charge in [-0.15, -0.1) is 11.3 Å². The van der Waals surface area contributed by atoms with Crippen molar-refractivity contribution in [3.63, 3.8) is 0 Å². The second kappa shape index (κ2) is 6.62. The van der Waals surface area contributed by atoms with E-state index in [2.05, 4.69) is 4.98 Å². The van der Waals surface area contributed by atoms with Gasteiger partial charge >= 0.3 is 5.97 Å². The molecule has 116 valence electrons. The minimum atomic E-state index is -0.342. The number of esters is 1. The second-order valence-electron chi connectivity index (χ2n) is 4.96. The predicted molar refractivity (Wildman–Crippen MR) is 89.5 cm³/mol. The number of rotatable bonds is 4. The van der Waals surface area contributed by atoms with E-state index in [1.807, 2.05) is 32.0 Å². The molecule has 23 heavy (non-hydrogen) atoms. The van der Waals surface area contributed by atoms with E-state index in [-0.39, 0.29) is 5.97 Å². The summed E-state index contributed by atoms with van der Waals surface area (Å²) in [6, 6.07) is 14.2. The highest BCUT2D eigenvalue weighted by molar-refractivity contribution is 7.12. The van der Waals surface area contributed by atoms with Crippen molar-refractivity contribution in [1.29, 1.82) is 0 Å². The van der Waals surface area contributed by atoms with Crippen molar-refractivity contribution in [1.82, 2.24) is 4.98 Å². The average Bonchev–Trinajstić information content (AvgIpc) is 2.89. The van der Waals surface area contributed by atoms with E-state index in [4.69, 9.17) is 9.47 Å². The Labute approximate surface area is 138 Å². The molecule has 0 aliphatic heterocycles. The lowest BCUT2D eigenvalue weighted by Gasteiger charge is -2.06. The summed E-state index contributed by atoms with van der Waals surface area (Å²) in [5.41, 5.74) is 0.612. The van der Waals surface area contributed by atoms with Gasteiger partial charge in [-0.3, -0.25) is 0 Å². The van der Waals surface area contributed by atoms with E-state index < -0.39 is 0 Å². The van der Waals surface area contributed by atoms with Gasteiger partial charge in [0.2, 0.25) is 5.88 Å². The van der Waals surface area contributed by atoms with Gasteiger partial charge in [0, 0.05) is 22.0 Å². The maximum Gasteiger partial charge on any atom is 0.344 e. The Morgan fingerprint density at radius 2 is 1.78 bits per heavy atom. The fourth-order valence-corrected chi connectivity index (χ4v) is 3.01. The molecule has 0 unspecified atom stereocenters. The summed E-state index contributed by atoms with van der Waals surface area (Å²) in [6.07, 6.45) is 1.66. The molecule has 0 fully saturated rings. The number of ether oxygens (including phenoxy) is 2. The van der Waals surface area contributed by atoms with E-state index >= 15 is 0 Å². The normalized spacial score (nSPS) is 10.3. The van der Waals surface area contributed by atoms with Crippen LogP contribution in [0.4, 0.5) is 0 Å². The van der Waals surface area contributed by atoms with Gasteiger partial charge in [0.05, 0.1) is 5.56 Å². The number of pyridine rings is 1. The van der Waals surface area contributed by atoms with E-state index in [0.29, 0.717) is 22.9 Å². The number of benzene rings is 1. The van der Waals surface area contributed by atoms with Crippen molar-refractivity contribution in [2.24, 2.45) is 0 Å². The van der Waals surface area contributed by atoms with Crippen molar-refractivity contribution in [3.8, 4) is 17.4 Å². The van der Waals surface area contributed by atoms with Gasteiger partial charge in [-0.05, 0) is 50.2 Å². The number of thiophene rings is 1. The Bertz CT molecular complexity index is 810. The van der Waals surface area contributed by atoms with E-state index in [0.717, 1.165) is 9.75 Å². The molecule has 0 atom stereocenters. The zero-order valence-electron chi connectivity index (χ0n) is 12.8. The van der Waals surface area contributed by atoms with E-state index in [1.165, 1.54) is 0 Å². The van der Waals surface area contributed by atoms with Crippen LogP contribution in [0.3, 0.4) is 0 Å². The maximum atomic E-state index is 12.2. The second-order valence-corrected chi connectivity index (χ2v) is 6.42. The van der Waals surface area contributed by atoms with Gasteiger partial charge in [-0.1, -0.05) is 6.07 Å². The van der Waals surface area contributed by atoms with Crippen LogP contribution >= 0.6 is 11.3 Å². The largest absolute Gasteiger partial charge is 0.439 e. The van der Waals surface area contributed by atoms with Crippen molar-refractivity contribution >= 4 is 17.3 Å². The summed E-state index contributed by atoms with van der Waals surface area (Å²) in [5, 5.41) is 0. The first kappa shape index (κ1) is 15.2. The summed E-state index contributed by atoms with van der Waals surface area (Å²) in [7, 11) is 0. The Morgan fingerprint density at radius 1 is 1.04 bits per heavy atom. The lowest BCUT2D eigenvalue weighted by atomic mass is 10.2. The van der Waals surface area contributed by atoms with Crippen LogP contribution in [0.5, 0.6) is 17.4 Å². The van der Waals surface area contributed by atoms with E-state index in [1.54, 1.807) is 47.9 Å². The zero-order valence-corrected chi connectivity index (χ0v) is 13.6. The van der Waals surface area contributed by atoms with Crippen LogP contribution < -0.4 is 9.47 Å². The molecule has 0 aliphatic rings. The molecule has 0 aliphatic carbocycles. The molecule has 2 heterocycles. The minimum Gasteiger partial charge on any atom is -0.439 e. The van der Waals surface area contributed by atoms with Gasteiger partial charge in [-0.25, -0.2) is 9.78 Å². The Kier molecular flexibility index (Phi) is 4.39. The smallest absolute Gasteiger partial charge is 0.344 e. The number of hydrogen-bond donors (Lipinski definition) is 0. The highest BCUT2D eigenvalue weighted by Gasteiger charge is 2.14. The third-order valence-corrected chi connectivity index (χ3v) is 4.12. The number of aryl methyl sites for hydroxylation is 2. The molecule has 0 N–H and O–H groups in total. The summed E-state index contributed by atoms with van der Waals surface area (Å²) in [5.74, 6) is 1.28. The number of nitrogens with zero attached hydrogens (tertiary/aromatic N) is 1. The number of hydrogen-bond acceptors (Lipinski definition) is 5. The summed E-state index contributed by atoms with van der Waals surface area (Å²) >= 11 is 1.58. The Hall–Kier alpha value is -2.66. The molecule has 4 nitrogen and oxygen atoms in total. The van der Waals surface area contributed by atoms with Crippen LogP contribution in [-0.4, -0.2) is 11.0 Å². The highest BCUT2D eigenvalue weighted by atomic mass is 32.1. The predicted octanol–water partition coefficient (Wildman–Crippen LogP) is 4.77. The topological polar surface area (TPSA) is 48.4 Å². The van der Waals surface area contributed by atoms with E-state index in [9.17, 15) is 4.79 Å². The zero-order chi connectivity index (χ0) is 16.2. The third kappa shape index (κ3) is 3.76. The molecular weight excluding hydrogens is 310 g/mol. The first-order chi connectivity index (χ1) is 11.1.